The van der Waals surface area contributed by atoms with Gasteiger partial charge in [0.05, 0.1) is 12.1 Å². The molecule has 2 atom stereocenters. The first-order valence-corrected chi connectivity index (χ1v) is 6.75. The minimum absolute atomic E-state index is 0.0399. The van der Waals surface area contributed by atoms with Crippen molar-refractivity contribution < 1.29 is 5.11 Å². The molecule has 1 aromatic rings. The smallest absolute Gasteiger partial charge is 0.228 e. The van der Waals surface area contributed by atoms with Gasteiger partial charge in [-0.1, -0.05) is 19.8 Å². The third-order valence-corrected chi connectivity index (χ3v) is 3.69. The fourth-order valence-corrected chi connectivity index (χ4v) is 2.94. The van der Waals surface area contributed by atoms with Crippen LogP contribution in [0.5, 0.6) is 0 Å². The Bertz CT molecular complexity index is 411. The van der Waals surface area contributed by atoms with E-state index in [0.29, 0.717) is 11.9 Å². The van der Waals surface area contributed by atoms with Crippen molar-refractivity contribution in [2.75, 3.05) is 11.9 Å². The summed E-state index contributed by atoms with van der Waals surface area (Å²) in [6, 6.07) is 0. The zero-order valence-electron chi connectivity index (χ0n) is 10.2. The molecule has 1 heterocycles. The van der Waals surface area contributed by atoms with Crippen molar-refractivity contribution in [3.05, 3.63) is 10.6 Å². The fraction of sp³-hybridized carbons (Fsp3) is 0.727. The Morgan fingerprint density at radius 3 is 2.56 bits per heavy atom. The number of aromatic nitrogens is 3. The number of rotatable bonds is 3. The molecule has 2 rings (SSSR count). The van der Waals surface area contributed by atoms with Crippen LogP contribution in [0.3, 0.4) is 0 Å². The lowest BCUT2D eigenvalue weighted by atomic mass is 9.77. The molecule has 2 N–H and O–H groups in total. The van der Waals surface area contributed by atoms with Crippen molar-refractivity contribution in [2.45, 2.75) is 38.1 Å². The summed E-state index contributed by atoms with van der Waals surface area (Å²) in [6.07, 6.45) is 4.02. The summed E-state index contributed by atoms with van der Waals surface area (Å²) >= 11 is 11.5. The van der Waals surface area contributed by atoms with Crippen LogP contribution in [0, 0.1) is 5.92 Å². The van der Waals surface area contributed by atoms with Crippen LogP contribution in [0.15, 0.2) is 0 Å². The number of anilines is 1. The lowest BCUT2D eigenvalue weighted by molar-refractivity contribution is 0.149. The van der Waals surface area contributed by atoms with Crippen molar-refractivity contribution in [1.29, 1.82) is 0 Å². The molecule has 1 aliphatic carbocycles. The number of aliphatic hydroxyl groups excluding tert-OH is 1. The Kier molecular flexibility index (Phi) is 4.25. The summed E-state index contributed by atoms with van der Waals surface area (Å²) in [5.74, 6) is 0.884. The maximum Gasteiger partial charge on any atom is 0.228 e. The third kappa shape index (κ3) is 3.22. The van der Waals surface area contributed by atoms with Gasteiger partial charge in [0.15, 0.2) is 0 Å². The van der Waals surface area contributed by atoms with Crippen LogP contribution in [0.4, 0.5) is 5.95 Å². The Balaban J connectivity index is 2.18. The standard InChI is InChI=1S/C11H16Cl2N4O/c1-7-3-2-4-11(5-7,6-18)17-10-15-8(12)14-9(13)16-10/h7,18H,2-6H2,1H3,(H,14,15,16,17). The maximum atomic E-state index is 9.66. The fourth-order valence-electron chi connectivity index (χ4n) is 2.58. The predicted molar refractivity (Wildman–Crippen MR) is 70.9 cm³/mol. The van der Waals surface area contributed by atoms with Gasteiger partial charge < -0.3 is 10.4 Å². The van der Waals surface area contributed by atoms with E-state index >= 15 is 0 Å². The molecule has 0 saturated heterocycles. The molecule has 0 aromatic carbocycles. The van der Waals surface area contributed by atoms with Gasteiger partial charge in [0, 0.05) is 0 Å². The highest BCUT2D eigenvalue weighted by Crippen LogP contribution is 2.34. The number of nitrogens with zero attached hydrogens (tertiary/aromatic N) is 3. The summed E-state index contributed by atoms with van der Waals surface area (Å²) in [4.78, 5) is 11.7. The number of aliphatic hydroxyl groups is 1. The summed E-state index contributed by atoms with van der Waals surface area (Å²) in [5, 5.41) is 12.9. The van der Waals surface area contributed by atoms with Crippen LogP contribution in [0.25, 0.3) is 0 Å². The monoisotopic (exact) mass is 290 g/mol. The van der Waals surface area contributed by atoms with Crippen LogP contribution < -0.4 is 5.32 Å². The molecule has 1 fully saturated rings. The van der Waals surface area contributed by atoms with E-state index in [2.05, 4.69) is 27.2 Å². The first-order chi connectivity index (χ1) is 8.53. The molecule has 1 aliphatic rings. The molecular weight excluding hydrogens is 275 g/mol. The van der Waals surface area contributed by atoms with Gasteiger partial charge in [-0.2, -0.15) is 15.0 Å². The summed E-state index contributed by atoms with van der Waals surface area (Å²) < 4.78 is 0. The second-order valence-corrected chi connectivity index (χ2v) is 5.64. The molecule has 2 unspecified atom stereocenters. The molecule has 0 amide bonds. The van der Waals surface area contributed by atoms with Gasteiger partial charge in [-0.15, -0.1) is 0 Å². The van der Waals surface area contributed by atoms with Crippen molar-refractivity contribution in [1.82, 2.24) is 15.0 Å². The topological polar surface area (TPSA) is 70.9 Å². The normalized spacial score (nSPS) is 28.1. The van der Waals surface area contributed by atoms with Crippen molar-refractivity contribution in [3.63, 3.8) is 0 Å². The molecule has 1 aromatic heterocycles. The summed E-state index contributed by atoms with van der Waals surface area (Å²) in [6.45, 7) is 2.22. The zero-order chi connectivity index (χ0) is 13.2. The van der Waals surface area contributed by atoms with E-state index in [1.54, 1.807) is 0 Å². The van der Waals surface area contributed by atoms with Crippen LogP contribution in [-0.4, -0.2) is 32.2 Å². The Labute approximate surface area is 116 Å². The quantitative estimate of drug-likeness (QED) is 0.895. The molecule has 18 heavy (non-hydrogen) atoms. The number of hydrogen-bond acceptors (Lipinski definition) is 5. The van der Waals surface area contributed by atoms with Crippen LogP contribution >= 0.6 is 23.2 Å². The zero-order valence-corrected chi connectivity index (χ0v) is 11.7. The minimum Gasteiger partial charge on any atom is -0.394 e. The molecule has 5 nitrogen and oxygen atoms in total. The van der Waals surface area contributed by atoms with Gasteiger partial charge in [0.25, 0.3) is 0 Å². The molecule has 0 bridgehead atoms. The van der Waals surface area contributed by atoms with Gasteiger partial charge >= 0.3 is 0 Å². The second kappa shape index (κ2) is 5.55. The van der Waals surface area contributed by atoms with E-state index in [9.17, 15) is 5.11 Å². The summed E-state index contributed by atoms with van der Waals surface area (Å²) in [7, 11) is 0. The summed E-state index contributed by atoms with van der Waals surface area (Å²) in [5.41, 5.74) is -0.383. The van der Waals surface area contributed by atoms with Gasteiger partial charge in [-0.3, -0.25) is 0 Å². The van der Waals surface area contributed by atoms with E-state index in [1.165, 1.54) is 6.42 Å². The molecule has 100 valence electrons. The van der Waals surface area contributed by atoms with E-state index in [1.807, 2.05) is 0 Å². The second-order valence-electron chi connectivity index (χ2n) is 4.96. The maximum absolute atomic E-state index is 9.66. The minimum atomic E-state index is -0.383. The molecule has 0 aliphatic heterocycles. The predicted octanol–water partition coefficient (Wildman–Crippen LogP) is 2.53. The molecule has 7 heteroatoms. The first-order valence-electron chi connectivity index (χ1n) is 5.99. The number of nitrogens with one attached hydrogen (secondary N) is 1. The van der Waals surface area contributed by atoms with Gasteiger partial charge in [-0.05, 0) is 42.0 Å². The van der Waals surface area contributed by atoms with E-state index in [0.717, 1.165) is 19.3 Å². The van der Waals surface area contributed by atoms with E-state index in [-0.39, 0.29) is 22.7 Å². The average molecular weight is 291 g/mol. The Hall–Kier alpha value is -0.650. The number of halogens is 2. The average Bonchev–Trinajstić information content (AvgIpc) is 2.27. The highest BCUT2D eigenvalue weighted by molar-refractivity contribution is 6.31. The largest absolute Gasteiger partial charge is 0.394 e. The van der Waals surface area contributed by atoms with Crippen LogP contribution in [0.1, 0.15) is 32.6 Å². The lowest BCUT2D eigenvalue weighted by Crippen LogP contribution is -2.46. The van der Waals surface area contributed by atoms with Gasteiger partial charge in [0.1, 0.15) is 0 Å². The SMILES string of the molecule is CC1CCCC(CO)(Nc2nc(Cl)nc(Cl)n2)C1. The van der Waals surface area contributed by atoms with Crippen LogP contribution in [0.2, 0.25) is 10.6 Å². The molecule has 0 spiro atoms. The van der Waals surface area contributed by atoms with Gasteiger partial charge in [-0.25, -0.2) is 0 Å². The van der Waals surface area contributed by atoms with Crippen molar-refractivity contribution in [2.24, 2.45) is 5.92 Å². The van der Waals surface area contributed by atoms with Crippen LogP contribution in [-0.2, 0) is 0 Å². The first kappa shape index (κ1) is 13.8. The highest BCUT2D eigenvalue weighted by atomic mass is 35.5. The molecule has 0 radical (unpaired) electrons. The highest BCUT2D eigenvalue weighted by Gasteiger charge is 2.35. The molecule has 1 saturated carbocycles. The van der Waals surface area contributed by atoms with Gasteiger partial charge in [0.2, 0.25) is 16.5 Å². The number of hydrogen-bond donors (Lipinski definition) is 2. The van der Waals surface area contributed by atoms with Crippen molar-refractivity contribution >= 4 is 29.2 Å². The Morgan fingerprint density at radius 2 is 2.00 bits per heavy atom. The van der Waals surface area contributed by atoms with Crippen molar-refractivity contribution in [3.8, 4) is 0 Å². The van der Waals surface area contributed by atoms with E-state index < -0.39 is 0 Å². The third-order valence-electron chi connectivity index (χ3n) is 3.35. The van der Waals surface area contributed by atoms with E-state index in [4.69, 9.17) is 23.2 Å². The Morgan fingerprint density at radius 1 is 1.33 bits per heavy atom. The lowest BCUT2D eigenvalue weighted by Gasteiger charge is -2.39. The molecular formula is C11H16Cl2N4O.